The molecular weight excluding hydrogens is 229 g/mol. The van der Waals surface area contributed by atoms with Crippen LogP contribution in [-0.4, -0.2) is 19.7 Å². The molecule has 1 N–H and O–H groups in total. The van der Waals surface area contributed by atoms with Crippen LogP contribution in [0.3, 0.4) is 0 Å². The van der Waals surface area contributed by atoms with Gasteiger partial charge in [0.2, 0.25) is 0 Å². The van der Waals surface area contributed by atoms with E-state index >= 15 is 0 Å². The Morgan fingerprint density at radius 1 is 1.44 bits per heavy atom. The summed E-state index contributed by atoms with van der Waals surface area (Å²) in [4.78, 5) is 0. The summed E-state index contributed by atoms with van der Waals surface area (Å²) >= 11 is 0. The van der Waals surface area contributed by atoms with Crippen molar-refractivity contribution in [2.45, 2.75) is 19.3 Å². The van der Waals surface area contributed by atoms with E-state index in [0.717, 1.165) is 25.1 Å². The number of ether oxygens (including phenoxy) is 1. The minimum absolute atomic E-state index is 0. The molecule has 1 aliphatic heterocycles. The van der Waals surface area contributed by atoms with Crippen molar-refractivity contribution in [3.8, 4) is 5.75 Å². The minimum Gasteiger partial charge on any atom is -0.494 e. The van der Waals surface area contributed by atoms with Crippen LogP contribution in [0.5, 0.6) is 5.75 Å². The molecule has 1 aromatic carbocycles. The minimum atomic E-state index is -0.206. The van der Waals surface area contributed by atoms with Gasteiger partial charge < -0.3 is 10.1 Å². The fourth-order valence-electron chi connectivity index (χ4n) is 2.01. The lowest BCUT2D eigenvalue weighted by Crippen LogP contribution is -2.08. The Hall–Kier alpha value is -0.800. The predicted octanol–water partition coefficient (Wildman–Crippen LogP) is 2.72. The van der Waals surface area contributed by atoms with E-state index in [-0.39, 0.29) is 18.2 Å². The molecule has 2 nitrogen and oxygen atoms in total. The van der Waals surface area contributed by atoms with Crippen LogP contribution in [0.2, 0.25) is 0 Å². The van der Waals surface area contributed by atoms with Gasteiger partial charge in [-0.1, -0.05) is 0 Å². The molecular formula is C12H17ClFNO. The van der Waals surface area contributed by atoms with Gasteiger partial charge in [-0.15, -0.1) is 12.4 Å². The smallest absolute Gasteiger partial charge is 0.127 e. The van der Waals surface area contributed by atoms with E-state index in [4.69, 9.17) is 4.74 Å². The van der Waals surface area contributed by atoms with E-state index < -0.39 is 0 Å². The summed E-state index contributed by atoms with van der Waals surface area (Å²) in [6.45, 7) is 4.44. The van der Waals surface area contributed by atoms with Gasteiger partial charge in [0, 0.05) is 12.6 Å². The molecule has 1 heterocycles. The molecule has 2 rings (SSSR count). The maximum absolute atomic E-state index is 13.3. The van der Waals surface area contributed by atoms with E-state index in [1.54, 1.807) is 6.07 Å². The van der Waals surface area contributed by atoms with E-state index in [2.05, 4.69) is 5.32 Å². The van der Waals surface area contributed by atoms with Gasteiger partial charge >= 0.3 is 0 Å². The first kappa shape index (κ1) is 13.3. The molecule has 0 amide bonds. The molecule has 1 saturated heterocycles. The predicted molar refractivity (Wildman–Crippen MR) is 65.0 cm³/mol. The first-order valence-corrected chi connectivity index (χ1v) is 5.43. The topological polar surface area (TPSA) is 21.3 Å². The van der Waals surface area contributed by atoms with E-state index in [0.29, 0.717) is 18.3 Å². The zero-order chi connectivity index (χ0) is 10.7. The van der Waals surface area contributed by atoms with E-state index in [9.17, 15) is 4.39 Å². The Bertz CT molecular complexity index is 340. The maximum Gasteiger partial charge on any atom is 0.127 e. The van der Waals surface area contributed by atoms with Crippen LogP contribution in [0.15, 0.2) is 18.2 Å². The highest BCUT2D eigenvalue weighted by Gasteiger charge is 2.17. The molecule has 1 aliphatic rings. The third-order valence-electron chi connectivity index (χ3n) is 2.74. The van der Waals surface area contributed by atoms with Gasteiger partial charge in [0.1, 0.15) is 11.6 Å². The zero-order valence-corrected chi connectivity index (χ0v) is 10.1. The Balaban J connectivity index is 0.00000128. The second-order valence-electron chi connectivity index (χ2n) is 3.84. The average molecular weight is 246 g/mol. The monoisotopic (exact) mass is 245 g/mol. The summed E-state index contributed by atoms with van der Waals surface area (Å²) in [6.07, 6.45) is 1.08. The summed E-state index contributed by atoms with van der Waals surface area (Å²) in [7, 11) is 0. The quantitative estimate of drug-likeness (QED) is 0.884. The highest BCUT2D eigenvalue weighted by molar-refractivity contribution is 5.85. The van der Waals surface area contributed by atoms with Crippen LogP contribution in [-0.2, 0) is 0 Å². The highest BCUT2D eigenvalue weighted by atomic mass is 35.5. The lowest BCUT2D eigenvalue weighted by Gasteiger charge is -2.11. The number of nitrogens with one attached hydrogen (secondary N) is 1. The summed E-state index contributed by atoms with van der Waals surface area (Å²) in [5.41, 5.74) is 1.04. The number of hydrogen-bond acceptors (Lipinski definition) is 2. The first-order chi connectivity index (χ1) is 7.29. The molecule has 0 spiro atoms. The van der Waals surface area contributed by atoms with Gasteiger partial charge in [-0.05, 0) is 43.5 Å². The number of hydrogen-bond donors (Lipinski definition) is 1. The zero-order valence-electron chi connectivity index (χ0n) is 9.33. The second kappa shape index (κ2) is 6.06. The second-order valence-corrected chi connectivity index (χ2v) is 3.84. The Morgan fingerprint density at radius 2 is 2.25 bits per heavy atom. The van der Waals surface area contributed by atoms with Gasteiger partial charge in [0.25, 0.3) is 0 Å². The van der Waals surface area contributed by atoms with Crippen molar-refractivity contribution < 1.29 is 9.13 Å². The highest BCUT2D eigenvalue weighted by Crippen LogP contribution is 2.26. The first-order valence-electron chi connectivity index (χ1n) is 5.43. The molecule has 16 heavy (non-hydrogen) atoms. The van der Waals surface area contributed by atoms with Crippen molar-refractivity contribution in [3.63, 3.8) is 0 Å². The molecule has 1 unspecified atom stereocenters. The number of benzene rings is 1. The maximum atomic E-state index is 13.3. The Kier molecular flexibility index (Phi) is 5.03. The van der Waals surface area contributed by atoms with Crippen LogP contribution in [0.25, 0.3) is 0 Å². The fraction of sp³-hybridized carbons (Fsp3) is 0.500. The van der Waals surface area contributed by atoms with Crippen LogP contribution < -0.4 is 10.1 Å². The van der Waals surface area contributed by atoms with Crippen LogP contribution in [0.4, 0.5) is 4.39 Å². The molecule has 1 aromatic rings. The Labute approximate surface area is 102 Å². The summed E-state index contributed by atoms with van der Waals surface area (Å²) in [6, 6.07) is 5.00. The molecule has 1 fully saturated rings. The molecule has 0 aliphatic carbocycles. The lowest BCUT2D eigenvalue weighted by molar-refractivity contribution is 0.337. The van der Waals surface area contributed by atoms with Gasteiger partial charge in [0.15, 0.2) is 0 Å². The molecule has 0 bridgehead atoms. The van der Waals surface area contributed by atoms with Crippen molar-refractivity contribution >= 4 is 12.4 Å². The van der Waals surface area contributed by atoms with Crippen molar-refractivity contribution in [2.24, 2.45) is 0 Å². The van der Waals surface area contributed by atoms with E-state index in [1.165, 1.54) is 6.07 Å². The van der Waals surface area contributed by atoms with Crippen LogP contribution in [0.1, 0.15) is 24.8 Å². The summed E-state index contributed by atoms with van der Waals surface area (Å²) < 4.78 is 18.6. The number of halogens is 2. The molecule has 1 atom stereocenters. The standard InChI is InChI=1S/C12H16FNO.ClH/c1-2-15-12-6-10(5-11(13)7-12)9-3-4-14-8-9;/h5-7,9,14H,2-4,8H2,1H3;1H. The van der Waals surface area contributed by atoms with Gasteiger partial charge in [-0.3, -0.25) is 0 Å². The molecule has 4 heteroatoms. The van der Waals surface area contributed by atoms with Crippen molar-refractivity contribution in [2.75, 3.05) is 19.7 Å². The molecule has 0 aromatic heterocycles. The van der Waals surface area contributed by atoms with Crippen molar-refractivity contribution in [1.29, 1.82) is 0 Å². The SMILES string of the molecule is CCOc1cc(F)cc(C2CCNC2)c1.Cl. The van der Waals surface area contributed by atoms with Crippen LogP contribution in [0, 0.1) is 5.82 Å². The molecule has 0 radical (unpaired) electrons. The largest absolute Gasteiger partial charge is 0.494 e. The van der Waals surface area contributed by atoms with Gasteiger partial charge in [0.05, 0.1) is 6.61 Å². The molecule has 90 valence electrons. The number of rotatable bonds is 3. The normalized spacial score (nSPS) is 19.2. The van der Waals surface area contributed by atoms with Gasteiger partial charge in [-0.2, -0.15) is 0 Å². The third-order valence-corrected chi connectivity index (χ3v) is 2.74. The summed E-state index contributed by atoms with van der Waals surface area (Å²) in [5.74, 6) is 0.863. The Morgan fingerprint density at radius 3 is 2.88 bits per heavy atom. The van der Waals surface area contributed by atoms with E-state index in [1.807, 2.05) is 13.0 Å². The lowest BCUT2D eigenvalue weighted by atomic mass is 9.98. The van der Waals surface area contributed by atoms with Gasteiger partial charge in [-0.25, -0.2) is 4.39 Å². The third kappa shape index (κ3) is 3.09. The fourth-order valence-corrected chi connectivity index (χ4v) is 2.01. The van der Waals surface area contributed by atoms with Crippen molar-refractivity contribution in [3.05, 3.63) is 29.6 Å². The van der Waals surface area contributed by atoms with Crippen LogP contribution >= 0.6 is 12.4 Å². The van der Waals surface area contributed by atoms with Crippen molar-refractivity contribution in [1.82, 2.24) is 5.32 Å². The molecule has 0 saturated carbocycles. The summed E-state index contributed by atoms with van der Waals surface area (Å²) in [5, 5.41) is 3.28. The average Bonchev–Trinajstić information content (AvgIpc) is 2.70.